The van der Waals surface area contributed by atoms with Crippen molar-refractivity contribution in [1.29, 1.82) is 0 Å². The van der Waals surface area contributed by atoms with Gasteiger partial charge in [-0.2, -0.15) is 5.01 Å². The van der Waals surface area contributed by atoms with E-state index in [9.17, 15) is 14.4 Å². The number of amides is 4. The first-order chi connectivity index (χ1) is 13.3. The molecule has 0 aromatic heterocycles. The van der Waals surface area contributed by atoms with E-state index in [4.69, 9.17) is 9.47 Å². The Morgan fingerprint density at radius 3 is 2.64 bits per heavy atom. The zero-order chi connectivity index (χ0) is 20.3. The fourth-order valence-corrected chi connectivity index (χ4v) is 2.89. The largest absolute Gasteiger partial charge is 0.497 e. The van der Waals surface area contributed by atoms with E-state index in [-0.39, 0.29) is 6.61 Å². The van der Waals surface area contributed by atoms with Crippen molar-refractivity contribution in [2.75, 3.05) is 13.7 Å². The van der Waals surface area contributed by atoms with Crippen LogP contribution in [-0.4, -0.2) is 36.6 Å². The van der Waals surface area contributed by atoms with Gasteiger partial charge in [-0.3, -0.25) is 15.0 Å². The van der Waals surface area contributed by atoms with Gasteiger partial charge in [-0.1, -0.05) is 30.3 Å². The van der Waals surface area contributed by atoms with Gasteiger partial charge in [0.25, 0.3) is 11.8 Å². The van der Waals surface area contributed by atoms with Gasteiger partial charge in [0.15, 0.2) is 6.61 Å². The summed E-state index contributed by atoms with van der Waals surface area (Å²) in [6.45, 7) is 3.08. The Morgan fingerprint density at radius 1 is 1.18 bits per heavy atom. The number of para-hydroxylation sites is 1. The molecule has 28 heavy (non-hydrogen) atoms. The molecular formula is C20H21N3O5. The van der Waals surface area contributed by atoms with Gasteiger partial charge in [-0.15, -0.1) is 0 Å². The highest BCUT2D eigenvalue weighted by molar-refractivity contribution is 6.08. The average Bonchev–Trinajstić information content (AvgIpc) is 2.91. The minimum atomic E-state index is -1.32. The second-order valence-electron chi connectivity index (χ2n) is 6.52. The third-order valence-electron chi connectivity index (χ3n) is 4.53. The molecule has 3 rings (SSSR count). The van der Waals surface area contributed by atoms with Crippen molar-refractivity contribution in [2.45, 2.75) is 19.4 Å². The quantitative estimate of drug-likeness (QED) is 0.743. The Kier molecular flexibility index (Phi) is 5.21. The molecule has 1 aliphatic rings. The number of rotatable bonds is 6. The number of imide groups is 1. The molecule has 0 unspecified atom stereocenters. The molecule has 1 fully saturated rings. The minimum absolute atomic E-state index is 0.336. The second-order valence-corrected chi connectivity index (χ2v) is 6.52. The smallest absolute Gasteiger partial charge is 0.344 e. The molecule has 1 atom stereocenters. The van der Waals surface area contributed by atoms with E-state index >= 15 is 0 Å². The lowest BCUT2D eigenvalue weighted by Crippen LogP contribution is -2.49. The monoisotopic (exact) mass is 383 g/mol. The maximum atomic E-state index is 12.8. The Hall–Kier alpha value is -3.55. The van der Waals surface area contributed by atoms with E-state index in [0.29, 0.717) is 22.1 Å². The van der Waals surface area contributed by atoms with Gasteiger partial charge in [-0.05, 0) is 43.2 Å². The maximum absolute atomic E-state index is 12.8. The first-order valence-electron chi connectivity index (χ1n) is 8.64. The summed E-state index contributed by atoms with van der Waals surface area (Å²) in [6, 6.07) is 13.3. The molecule has 8 heteroatoms. The summed E-state index contributed by atoms with van der Waals surface area (Å²) in [5.74, 6) is -0.123. The van der Waals surface area contributed by atoms with Crippen molar-refractivity contribution >= 4 is 17.8 Å². The molecule has 1 saturated heterocycles. The van der Waals surface area contributed by atoms with E-state index in [2.05, 4.69) is 10.7 Å². The molecule has 4 amide bonds. The van der Waals surface area contributed by atoms with Crippen LogP contribution in [-0.2, 0) is 15.1 Å². The predicted octanol–water partition coefficient (Wildman–Crippen LogP) is 1.88. The Bertz CT molecular complexity index is 930. The zero-order valence-corrected chi connectivity index (χ0v) is 15.8. The highest BCUT2D eigenvalue weighted by Crippen LogP contribution is 2.30. The molecule has 1 aliphatic heterocycles. The highest BCUT2D eigenvalue weighted by atomic mass is 16.5. The van der Waals surface area contributed by atoms with Gasteiger partial charge in [-0.25, -0.2) is 4.79 Å². The molecule has 2 N–H and O–H groups in total. The number of hydrogen-bond donors (Lipinski definition) is 2. The van der Waals surface area contributed by atoms with Crippen molar-refractivity contribution < 1.29 is 23.9 Å². The second kappa shape index (κ2) is 7.59. The molecule has 0 saturated carbocycles. The fraction of sp³-hybridized carbons (Fsp3) is 0.250. The van der Waals surface area contributed by atoms with Gasteiger partial charge >= 0.3 is 6.03 Å². The number of hydrazine groups is 1. The van der Waals surface area contributed by atoms with Crippen molar-refractivity contribution in [2.24, 2.45) is 0 Å². The van der Waals surface area contributed by atoms with Crippen molar-refractivity contribution in [3.05, 3.63) is 59.7 Å². The van der Waals surface area contributed by atoms with Gasteiger partial charge < -0.3 is 14.8 Å². The lowest BCUT2D eigenvalue weighted by Gasteiger charge is -2.22. The molecule has 0 aliphatic carbocycles. The van der Waals surface area contributed by atoms with Crippen molar-refractivity contribution in [1.82, 2.24) is 15.8 Å². The third kappa shape index (κ3) is 3.62. The average molecular weight is 383 g/mol. The van der Waals surface area contributed by atoms with Gasteiger partial charge in [0.05, 0.1) is 7.11 Å². The molecule has 0 spiro atoms. The first-order valence-corrected chi connectivity index (χ1v) is 8.64. The standard InChI is InChI=1S/C20H21N3O5/c1-13-7-4-5-10-16(13)28-12-17(24)22-23-18(25)20(2,21-19(23)26)14-8-6-9-15(11-14)27-3/h4-11H,12H2,1-3H3,(H,21,26)(H,22,24)/t20-/m1/s1. The van der Waals surface area contributed by atoms with Crippen LogP contribution in [0.1, 0.15) is 18.1 Å². The zero-order valence-electron chi connectivity index (χ0n) is 15.8. The number of carbonyl (C=O) groups excluding carboxylic acids is 3. The van der Waals surface area contributed by atoms with E-state index in [1.807, 2.05) is 19.1 Å². The summed E-state index contributed by atoms with van der Waals surface area (Å²) in [5, 5.41) is 3.28. The van der Waals surface area contributed by atoms with Crippen LogP contribution < -0.4 is 20.2 Å². The van der Waals surface area contributed by atoms with Gasteiger partial charge in [0, 0.05) is 0 Å². The summed E-state index contributed by atoms with van der Waals surface area (Å²) < 4.78 is 10.6. The van der Waals surface area contributed by atoms with Crippen molar-refractivity contribution in [3.8, 4) is 11.5 Å². The molecule has 0 radical (unpaired) electrons. The third-order valence-corrected chi connectivity index (χ3v) is 4.53. The van der Waals surface area contributed by atoms with E-state index < -0.39 is 23.4 Å². The van der Waals surface area contributed by atoms with E-state index in [0.717, 1.165) is 5.56 Å². The number of ether oxygens (including phenoxy) is 2. The van der Waals surface area contributed by atoms with Gasteiger partial charge in [0.1, 0.15) is 17.0 Å². The Morgan fingerprint density at radius 2 is 1.93 bits per heavy atom. The lowest BCUT2D eigenvalue weighted by molar-refractivity contribution is -0.139. The molecular weight excluding hydrogens is 362 g/mol. The number of methoxy groups -OCH3 is 1. The number of aryl methyl sites for hydroxylation is 1. The number of hydrogen-bond acceptors (Lipinski definition) is 5. The van der Waals surface area contributed by atoms with Crippen LogP contribution in [0.2, 0.25) is 0 Å². The summed E-state index contributed by atoms with van der Waals surface area (Å²) in [4.78, 5) is 37.3. The molecule has 146 valence electrons. The SMILES string of the molecule is COc1cccc([C@@]2(C)NC(=O)N(NC(=O)COc3ccccc3C)C2=O)c1. The van der Waals surface area contributed by atoms with Crippen LogP contribution in [0.5, 0.6) is 11.5 Å². The fourth-order valence-electron chi connectivity index (χ4n) is 2.89. The summed E-state index contributed by atoms with van der Waals surface area (Å²) >= 11 is 0. The molecule has 2 aromatic carbocycles. The number of benzene rings is 2. The normalized spacial score (nSPS) is 18.6. The number of carbonyl (C=O) groups is 3. The van der Waals surface area contributed by atoms with Crippen LogP contribution in [0.4, 0.5) is 4.79 Å². The van der Waals surface area contributed by atoms with Crippen LogP contribution >= 0.6 is 0 Å². The summed E-state index contributed by atoms with van der Waals surface area (Å²) in [7, 11) is 1.51. The van der Waals surface area contributed by atoms with E-state index in [1.54, 1.807) is 43.3 Å². The van der Waals surface area contributed by atoms with Crippen LogP contribution in [0.15, 0.2) is 48.5 Å². The lowest BCUT2D eigenvalue weighted by atomic mass is 9.92. The topological polar surface area (TPSA) is 97.0 Å². The van der Waals surface area contributed by atoms with E-state index in [1.165, 1.54) is 7.11 Å². The van der Waals surface area contributed by atoms with Crippen LogP contribution in [0.25, 0.3) is 0 Å². The van der Waals surface area contributed by atoms with Crippen molar-refractivity contribution in [3.63, 3.8) is 0 Å². The van der Waals surface area contributed by atoms with Crippen LogP contribution in [0.3, 0.4) is 0 Å². The molecule has 2 aromatic rings. The summed E-state index contributed by atoms with van der Waals surface area (Å²) in [6.07, 6.45) is 0. The first kappa shape index (κ1) is 19.2. The molecule has 0 bridgehead atoms. The summed E-state index contributed by atoms with van der Waals surface area (Å²) in [5.41, 5.74) is 2.39. The predicted molar refractivity (Wildman–Crippen MR) is 101 cm³/mol. The maximum Gasteiger partial charge on any atom is 0.344 e. The number of nitrogens with zero attached hydrogens (tertiary/aromatic N) is 1. The highest BCUT2D eigenvalue weighted by Gasteiger charge is 2.50. The molecule has 8 nitrogen and oxygen atoms in total. The minimum Gasteiger partial charge on any atom is -0.497 e. The number of urea groups is 1. The van der Waals surface area contributed by atoms with Crippen LogP contribution in [0, 0.1) is 6.92 Å². The molecule has 1 heterocycles. The Balaban J connectivity index is 1.69. The number of nitrogens with one attached hydrogen (secondary N) is 2. The Labute approximate surface area is 162 Å². The van der Waals surface area contributed by atoms with Gasteiger partial charge in [0.2, 0.25) is 0 Å².